The number of carbonyl (C=O) groups is 1. The van der Waals surface area contributed by atoms with Crippen molar-refractivity contribution in [3.63, 3.8) is 0 Å². The molecule has 172 valence electrons. The number of amides is 1. The summed E-state index contributed by atoms with van der Waals surface area (Å²) >= 11 is 7.64. The Morgan fingerprint density at radius 2 is 1.91 bits per heavy atom. The number of para-hydroxylation sites is 1. The Hall–Kier alpha value is -2.63. The van der Waals surface area contributed by atoms with Gasteiger partial charge in [0.2, 0.25) is 0 Å². The first-order chi connectivity index (χ1) is 15.8. The lowest BCUT2D eigenvalue weighted by atomic mass is 9.72. The lowest BCUT2D eigenvalue weighted by Gasteiger charge is -2.33. The lowest BCUT2D eigenvalue weighted by Crippen LogP contribution is -2.27. The van der Waals surface area contributed by atoms with Crippen LogP contribution in [-0.2, 0) is 12.8 Å². The number of hydrogen-bond acceptors (Lipinski definition) is 4. The van der Waals surface area contributed by atoms with E-state index >= 15 is 0 Å². The number of rotatable bonds is 5. The van der Waals surface area contributed by atoms with Gasteiger partial charge >= 0.3 is 0 Å². The van der Waals surface area contributed by atoms with Gasteiger partial charge in [-0.25, -0.2) is 4.99 Å². The van der Waals surface area contributed by atoms with Gasteiger partial charge in [0.1, 0.15) is 10.8 Å². The third kappa shape index (κ3) is 5.31. The predicted octanol–water partition coefficient (Wildman–Crippen LogP) is 7.56. The molecule has 1 heterocycles. The molecule has 4 nitrogen and oxygen atoms in total. The third-order valence-electron chi connectivity index (χ3n) is 6.26. The first-order valence-electron chi connectivity index (χ1n) is 11.1. The number of halogens is 1. The molecule has 0 bridgehead atoms. The van der Waals surface area contributed by atoms with Crippen LogP contribution in [0.3, 0.4) is 0 Å². The quantitative estimate of drug-likeness (QED) is 0.383. The molecule has 2 aromatic carbocycles. The largest absolute Gasteiger partial charge is 0.496 e. The van der Waals surface area contributed by atoms with Crippen molar-refractivity contribution < 1.29 is 9.53 Å². The van der Waals surface area contributed by atoms with Crippen LogP contribution in [0.15, 0.2) is 53.5 Å². The van der Waals surface area contributed by atoms with Crippen LogP contribution < -0.4 is 10.1 Å². The van der Waals surface area contributed by atoms with Gasteiger partial charge in [-0.2, -0.15) is 0 Å². The van der Waals surface area contributed by atoms with Crippen LogP contribution in [0, 0.1) is 11.3 Å². The monoisotopic (exact) mass is 480 g/mol. The van der Waals surface area contributed by atoms with E-state index in [1.54, 1.807) is 36.8 Å². The van der Waals surface area contributed by atoms with Crippen molar-refractivity contribution in [1.82, 2.24) is 0 Å². The topological polar surface area (TPSA) is 50.7 Å². The zero-order valence-corrected chi connectivity index (χ0v) is 21.0. The zero-order chi connectivity index (χ0) is 23.6. The fraction of sp³-hybridized carbons (Fsp3) is 0.333. The second kappa shape index (κ2) is 9.70. The van der Waals surface area contributed by atoms with E-state index in [2.05, 4.69) is 26.1 Å². The number of thiophene rings is 1. The molecule has 0 aliphatic heterocycles. The predicted molar refractivity (Wildman–Crippen MR) is 139 cm³/mol. The van der Waals surface area contributed by atoms with Crippen molar-refractivity contribution in [3.8, 4) is 5.75 Å². The number of hydrogen-bond donors (Lipinski definition) is 1. The number of aliphatic imine (C=N–C) groups is 1. The van der Waals surface area contributed by atoms with Gasteiger partial charge in [-0.1, -0.05) is 44.5 Å². The second-order valence-electron chi connectivity index (χ2n) is 9.45. The Morgan fingerprint density at radius 1 is 1.18 bits per heavy atom. The summed E-state index contributed by atoms with van der Waals surface area (Å²) in [6.07, 6.45) is 4.73. The molecule has 0 saturated heterocycles. The molecular weight excluding hydrogens is 452 g/mol. The summed E-state index contributed by atoms with van der Waals surface area (Å²) in [5, 5.41) is 4.41. The normalized spacial score (nSPS) is 16.0. The molecule has 3 aromatic rings. The van der Waals surface area contributed by atoms with Crippen molar-refractivity contribution in [2.45, 2.75) is 40.0 Å². The molecule has 1 aliphatic carbocycles. The number of methoxy groups -OCH3 is 1. The summed E-state index contributed by atoms with van der Waals surface area (Å²) in [7, 11) is 1.65. The van der Waals surface area contributed by atoms with Crippen molar-refractivity contribution in [2.24, 2.45) is 16.3 Å². The van der Waals surface area contributed by atoms with Crippen molar-refractivity contribution in [3.05, 3.63) is 75.1 Å². The molecular formula is C27H29ClN2O2S. The standard InChI is InChI=1S/C27H29ClN2O2S/c1-27(2,3)18-9-14-21-23(15-18)33-26(29-16-17-7-5-6-8-22(17)32-4)24(21)25(31)30-20-12-10-19(28)11-13-20/h5-8,10-13,16,18H,9,14-15H2,1-4H3,(H,30,31)/t18-/m0/s1. The number of carbonyl (C=O) groups excluding carboxylic acids is 1. The second-order valence-corrected chi connectivity index (χ2v) is 11.0. The van der Waals surface area contributed by atoms with Gasteiger partial charge in [0, 0.05) is 27.4 Å². The molecule has 0 saturated carbocycles. The van der Waals surface area contributed by atoms with E-state index in [-0.39, 0.29) is 11.3 Å². The minimum Gasteiger partial charge on any atom is -0.496 e. The summed E-state index contributed by atoms with van der Waals surface area (Å²) in [6, 6.07) is 14.9. The average molecular weight is 481 g/mol. The highest BCUT2D eigenvalue weighted by atomic mass is 35.5. The maximum Gasteiger partial charge on any atom is 0.259 e. The van der Waals surface area contributed by atoms with Crippen LogP contribution in [0.25, 0.3) is 0 Å². The first kappa shape index (κ1) is 23.5. The van der Waals surface area contributed by atoms with Gasteiger partial charge in [-0.15, -0.1) is 11.3 Å². The highest BCUT2D eigenvalue weighted by Gasteiger charge is 2.33. The van der Waals surface area contributed by atoms with E-state index in [1.807, 2.05) is 36.4 Å². The maximum absolute atomic E-state index is 13.4. The molecule has 4 rings (SSSR count). The Labute approximate surface area is 204 Å². The number of nitrogens with zero attached hydrogens (tertiary/aromatic N) is 1. The molecule has 1 aliphatic rings. The van der Waals surface area contributed by atoms with E-state index in [0.717, 1.165) is 41.1 Å². The van der Waals surface area contributed by atoms with Crippen molar-refractivity contribution >= 4 is 45.7 Å². The van der Waals surface area contributed by atoms with E-state index in [0.29, 0.717) is 22.2 Å². The van der Waals surface area contributed by atoms with Crippen molar-refractivity contribution in [2.75, 3.05) is 12.4 Å². The fourth-order valence-electron chi connectivity index (χ4n) is 4.26. The van der Waals surface area contributed by atoms with Crippen LogP contribution in [0.2, 0.25) is 5.02 Å². The molecule has 1 aromatic heterocycles. The van der Waals surface area contributed by atoms with Crippen LogP contribution in [0.4, 0.5) is 10.7 Å². The molecule has 1 N–H and O–H groups in total. The average Bonchev–Trinajstić information content (AvgIpc) is 3.16. The van der Waals surface area contributed by atoms with Gasteiger partial charge in [-0.05, 0) is 72.6 Å². The first-order valence-corrected chi connectivity index (χ1v) is 12.3. The Morgan fingerprint density at radius 3 is 2.61 bits per heavy atom. The van der Waals surface area contributed by atoms with E-state index in [4.69, 9.17) is 21.3 Å². The van der Waals surface area contributed by atoms with Gasteiger partial charge in [0.05, 0.1) is 12.7 Å². The molecule has 6 heteroatoms. The molecule has 0 unspecified atom stereocenters. The summed E-state index contributed by atoms with van der Waals surface area (Å²) < 4.78 is 5.45. The van der Waals surface area contributed by atoms with E-state index in [9.17, 15) is 4.79 Å². The molecule has 0 fully saturated rings. The zero-order valence-electron chi connectivity index (χ0n) is 19.4. The molecule has 0 spiro atoms. The number of nitrogens with one attached hydrogen (secondary N) is 1. The number of ether oxygens (including phenoxy) is 1. The Balaban J connectivity index is 1.71. The lowest BCUT2D eigenvalue weighted by molar-refractivity contribution is 0.102. The molecule has 33 heavy (non-hydrogen) atoms. The number of fused-ring (bicyclic) bond motifs is 1. The van der Waals surface area contributed by atoms with Crippen LogP contribution in [-0.4, -0.2) is 19.2 Å². The van der Waals surface area contributed by atoms with Crippen molar-refractivity contribution in [1.29, 1.82) is 0 Å². The molecule has 0 radical (unpaired) electrons. The Bertz CT molecular complexity index is 1180. The summed E-state index contributed by atoms with van der Waals surface area (Å²) in [4.78, 5) is 19.5. The minimum absolute atomic E-state index is 0.129. The summed E-state index contributed by atoms with van der Waals surface area (Å²) in [5.74, 6) is 1.21. The summed E-state index contributed by atoms with van der Waals surface area (Å²) in [5.41, 5.74) is 3.65. The van der Waals surface area contributed by atoms with Crippen LogP contribution in [0.1, 0.15) is 53.6 Å². The van der Waals surface area contributed by atoms with E-state index < -0.39 is 0 Å². The van der Waals surface area contributed by atoms with Gasteiger partial charge < -0.3 is 10.1 Å². The van der Waals surface area contributed by atoms with Crippen LogP contribution >= 0.6 is 22.9 Å². The maximum atomic E-state index is 13.4. The van der Waals surface area contributed by atoms with Gasteiger partial charge in [-0.3, -0.25) is 4.79 Å². The van der Waals surface area contributed by atoms with Gasteiger partial charge in [0.15, 0.2) is 0 Å². The number of anilines is 1. The SMILES string of the molecule is COc1ccccc1C=Nc1sc2c(c1C(=O)Nc1ccc(Cl)cc1)CC[C@H](C(C)(C)C)C2. The third-order valence-corrected chi connectivity index (χ3v) is 7.67. The van der Waals surface area contributed by atoms with E-state index in [1.165, 1.54) is 4.88 Å². The summed E-state index contributed by atoms with van der Waals surface area (Å²) in [6.45, 7) is 6.89. The fourth-order valence-corrected chi connectivity index (χ4v) is 5.66. The highest BCUT2D eigenvalue weighted by molar-refractivity contribution is 7.16. The number of benzene rings is 2. The minimum atomic E-state index is -0.129. The van der Waals surface area contributed by atoms with Crippen LogP contribution in [0.5, 0.6) is 5.75 Å². The smallest absolute Gasteiger partial charge is 0.259 e. The van der Waals surface area contributed by atoms with Gasteiger partial charge in [0.25, 0.3) is 5.91 Å². The molecule has 1 atom stereocenters. The Kier molecular flexibility index (Phi) is 6.91. The molecule has 1 amide bonds. The highest BCUT2D eigenvalue weighted by Crippen LogP contribution is 2.45.